The topological polar surface area (TPSA) is 83.6 Å². The largest absolute Gasteiger partial charge is 0.478 e. The fourth-order valence-electron chi connectivity index (χ4n) is 1.94. The van der Waals surface area contributed by atoms with E-state index in [0.29, 0.717) is 0 Å². The van der Waals surface area contributed by atoms with Gasteiger partial charge in [0.2, 0.25) is 0 Å². The zero-order valence-electron chi connectivity index (χ0n) is 11.2. The molecule has 0 saturated carbocycles. The molecule has 6 heteroatoms. The van der Waals surface area contributed by atoms with Crippen LogP contribution in [0.3, 0.4) is 0 Å². The second-order valence-corrected chi connectivity index (χ2v) is 4.43. The predicted octanol–water partition coefficient (Wildman–Crippen LogP) is 2.38. The molecule has 0 spiro atoms. The highest BCUT2D eigenvalue weighted by molar-refractivity contribution is 6.09. The number of rotatable bonds is 3. The number of nitrogens with two attached hydrogens (primary N) is 1. The number of anilines is 2. The maximum Gasteiger partial charge on any atom is 0.337 e. The van der Waals surface area contributed by atoms with Gasteiger partial charge < -0.3 is 15.7 Å². The maximum atomic E-state index is 13.8. The molecule has 0 unspecified atom stereocenters. The van der Waals surface area contributed by atoms with Crippen LogP contribution in [0.5, 0.6) is 0 Å². The molecule has 2 rings (SSSR count). The summed E-state index contributed by atoms with van der Waals surface area (Å²) in [5.74, 6) is -2.57. The van der Waals surface area contributed by atoms with Crippen molar-refractivity contribution < 1.29 is 19.1 Å². The van der Waals surface area contributed by atoms with Gasteiger partial charge in [-0.25, -0.2) is 9.18 Å². The molecule has 1 amide bonds. The van der Waals surface area contributed by atoms with Gasteiger partial charge in [-0.05, 0) is 30.3 Å². The van der Waals surface area contributed by atoms with E-state index in [1.54, 1.807) is 12.1 Å². The molecule has 0 radical (unpaired) electrons. The lowest BCUT2D eigenvalue weighted by Gasteiger charge is -2.19. The van der Waals surface area contributed by atoms with Gasteiger partial charge in [0, 0.05) is 12.7 Å². The minimum absolute atomic E-state index is 0.0378. The number of hydrogen-bond acceptors (Lipinski definition) is 3. The molecule has 0 aliphatic carbocycles. The minimum Gasteiger partial charge on any atom is -0.478 e. The molecule has 2 aromatic carbocycles. The first kappa shape index (κ1) is 14.5. The van der Waals surface area contributed by atoms with Crippen LogP contribution in [0, 0.1) is 5.82 Å². The Labute approximate surface area is 120 Å². The summed E-state index contributed by atoms with van der Waals surface area (Å²) >= 11 is 0. The van der Waals surface area contributed by atoms with Crippen molar-refractivity contribution in [3.8, 4) is 0 Å². The van der Waals surface area contributed by atoms with Crippen LogP contribution in [-0.2, 0) is 0 Å². The first-order valence-electron chi connectivity index (χ1n) is 6.07. The van der Waals surface area contributed by atoms with Gasteiger partial charge in [-0.2, -0.15) is 0 Å². The summed E-state index contributed by atoms with van der Waals surface area (Å²) in [4.78, 5) is 24.6. The Hall–Kier alpha value is -2.89. The van der Waals surface area contributed by atoms with Crippen LogP contribution < -0.4 is 10.6 Å². The molecule has 108 valence electrons. The van der Waals surface area contributed by atoms with Crippen LogP contribution in [0.4, 0.5) is 15.8 Å². The van der Waals surface area contributed by atoms with Crippen molar-refractivity contribution in [3.05, 3.63) is 59.4 Å². The van der Waals surface area contributed by atoms with E-state index in [1.165, 1.54) is 31.3 Å². The normalized spacial score (nSPS) is 10.2. The van der Waals surface area contributed by atoms with Crippen LogP contribution in [0.1, 0.15) is 20.7 Å². The van der Waals surface area contributed by atoms with Crippen molar-refractivity contribution in [2.24, 2.45) is 0 Å². The zero-order chi connectivity index (χ0) is 15.6. The molecule has 0 aromatic heterocycles. The fourth-order valence-corrected chi connectivity index (χ4v) is 1.94. The van der Waals surface area contributed by atoms with E-state index in [1.807, 2.05) is 0 Å². The van der Waals surface area contributed by atoms with Crippen molar-refractivity contribution in [1.29, 1.82) is 0 Å². The lowest BCUT2D eigenvalue weighted by molar-refractivity contribution is 0.0697. The monoisotopic (exact) mass is 288 g/mol. The Bertz CT molecular complexity index is 716. The Balaban J connectivity index is 2.42. The van der Waals surface area contributed by atoms with Gasteiger partial charge >= 0.3 is 5.97 Å². The van der Waals surface area contributed by atoms with Crippen LogP contribution in [0.25, 0.3) is 0 Å². The summed E-state index contributed by atoms with van der Waals surface area (Å²) in [7, 11) is 1.39. The number of para-hydroxylation sites is 1. The minimum atomic E-state index is -1.16. The number of carboxylic acid groups (broad SMARTS) is 1. The van der Waals surface area contributed by atoms with Gasteiger partial charge in [-0.15, -0.1) is 0 Å². The molecule has 3 N–H and O–H groups in total. The number of nitrogens with zero attached hydrogens (tertiary/aromatic N) is 1. The standard InChI is InChI=1S/C15H13FN2O3/c1-18(13-5-3-2-4-11(13)15(20)21)14(19)10-7-6-9(17)8-12(10)16/h2-8H,17H2,1H3,(H,20,21). The molecule has 0 aliphatic heterocycles. The van der Waals surface area contributed by atoms with Gasteiger partial charge in [0.25, 0.3) is 5.91 Å². The lowest BCUT2D eigenvalue weighted by Crippen LogP contribution is -2.28. The van der Waals surface area contributed by atoms with Crippen molar-refractivity contribution >= 4 is 23.3 Å². The van der Waals surface area contributed by atoms with Crippen molar-refractivity contribution in [2.45, 2.75) is 0 Å². The predicted molar refractivity (Wildman–Crippen MR) is 76.9 cm³/mol. The van der Waals surface area contributed by atoms with Crippen LogP contribution >= 0.6 is 0 Å². The Kier molecular flexibility index (Phi) is 3.89. The summed E-state index contributed by atoms with van der Waals surface area (Å²) in [5.41, 5.74) is 5.62. The molecular weight excluding hydrogens is 275 g/mol. The zero-order valence-corrected chi connectivity index (χ0v) is 11.2. The van der Waals surface area contributed by atoms with Gasteiger partial charge in [-0.1, -0.05) is 12.1 Å². The lowest BCUT2D eigenvalue weighted by atomic mass is 10.1. The number of aromatic carboxylic acids is 1. The molecule has 21 heavy (non-hydrogen) atoms. The fraction of sp³-hybridized carbons (Fsp3) is 0.0667. The molecule has 0 fully saturated rings. The van der Waals surface area contributed by atoms with E-state index in [9.17, 15) is 14.0 Å². The van der Waals surface area contributed by atoms with E-state index >= 15 is 0 Å². The second-order valence-electron chi connectivity index (χ2n) is 4.43. The highest BCUT2D eigenvalue weighted by Crippen LogP contribution is 2.22. The molecule has 0 heterocycles. The number of benzene rings is 2. The average Bonchev–Trinajstić information content (AvgIpc) is 2.45. The van der Waals surface area contributed by atoms with E-state index in [2.05, 4.69) is 0 Å². The molecule has 0 atom stereocenters. The van der Waals surface area contributed by atoms with Gasteiger partial charge in [0.05, 0.1) is 16.8 Å². The van der Waals surface area contributed by atoms with E-state index in [-0.39, 0.29) is 22.5 Å². The third-order valence-corrected chi connectivity index (χ3v) is 3.02. The molecular formula is C15H13FN2O3. The van der Waals surface area contributed by atoms with Crippen molar-refractivity contribution in [3.63, 3.8) is 0 Å². The molecule has 0 saturated heterocycles. The third kappa shape index (κ3) is 2.84. The van der Waals surface area contributed by atoms with E-state index < -0.39 is 17.7 Å². The molecule has 2 aromatic rings. The number of halogens is 1. The number of amides is 1. The number of nitrogen functional groups attached to an aromatic ring is 1. The van der Waals surface area contributed by atoms with Crippen molar-refractivity contribution in [1.82, 2.24) is 0 Å². The number of carbonyl (C=O) groups excluding carboxylic acids is 1. The first-order valence-corrected chi connectivity index (χ1v) is 6.07. The van der Waals surface area contributed by atoms with Crippen LogP contribution in [-0.4, -0.2) is 24.0 Å². The second kappa shape index (κ2) is 5.62. The van der Waals surface area contributed by atoms with Crippen LogP contribution in [0.2, 0.25) is 0 Å². The number of carbonyl (C=O) groups is 2. The first-order chi connectivity index (χ1) is 9.91. The molecule has 0 aliphatic rings. The molecule has 0 bridgehead atoms. The summed E-state index contributed by atoms with van der Waals surface area (Å²) in [6.07, 6.45) is 0. The maximum absolute atomic E-state index is 13.8. The van der Waals surface area contributed by atoms with Gasteiger partial charge in [0.1, 0.15) is 5.82 Å². The summed E-state index contributed by atoms with van der Waals surface area (Å²) in [6.45, 7) is 0. The number of hydrogen-bond donors (Lipinski definition) is 2. The van der Waals surface area contributed by atoms with E-state index in [0.717, 1.165) is 11.0 Å². The Morgan fingerprint density at radius 1 is 1.14 bits per heavy atom. The van der Waals surface area contributed by atoms with E-state index in [4.69, 9.17) is 10.8 Å². The summed E-state index contributed by atoms with van der Waals surface area (Å²) in [5, 5.41) is 9.13. The van der Waals surface area contributed by atoms with Gasteiger partial charge in [0.15, 0.2) is 0 Å². The summed E-state index contributed by atoms with van der Waals surface area (Å²) < 4.78 is 13.8. The number of carboxylic acids is 1. The summed E-state index contributed by atoms with van der Waals surface area (Å²) in [6, 6.07) is 9.74. The van der Waals surface area contributed by atoms with Crippen LogP contribution in [0.15, 0.2) is 42.5 Å². The van der Waals surface area contributed by atoms with Crippen molar-refractivity contribution in [2.75, 3.05) is 17.7 Å². The SMILES string of the molecule is CN(C(=O)c1ccc(N)cc1F)c1ccccc1C(=O)O. The average molecular weight is 288 g/mol. The quantitative estimate of drug-likeness (QED) is 0.849. The van der Waals surface area contributed by atoms with Gasteiger partial charge in [-0.3, -0.25) is 4.79 Å². The highest BCUT2D eigenvalue weighted by atomic mass is 19.1. The molecule has 5 nitrogen and oxygen atoms in total. The third-order valence-electron chi connectivity index (χ3n) is 3.02. The smallest absolute Gasteiger partial charge is 0.337 e. The Morgan fingerprint density at radius 2 is 1.81 bits per heavy atom. The highest BCUT2D eigenvalue weighted by Gasteiger charge is 2.21. The Morgan fingerprint density at radius 3 is 2.43 bits per heavy atom.